The van der Waals surface area contributed by atoms with Crippen LogP contribution in [0, 0.1) is 0 Å². The van der Waals surface area contributed by atoms with Gasteiger partial charge >= 0.3 is 29.2 Å². The van der Waals surface area contributed by atoms with Crippen LogP contribution in [0.25, 0.3) is 0 Å². The number of ether oxygens (including phenoxy) is 1. The van der Waals surface area contributed by atoms with Crippen LogP contribution in [-0.2, 0) is 42.8 Å². The number of nitrogens with one attached hydrogen (secondary N) is 1. The fourth-order valence-corrected chi connectivity index (χ4v) is 5.63. The van der Waals surface area contributed by atoms with Crippen LogP contribution in [0.15, 0.2) is 15.8 Å². The quantitative estimate of drug-likeness (QED) is 0.133. The van der Waals surface area contributed by atoms with Crippen LogP contribution in [0.1, 0.15) is 11.8 Å². The molecule has 1 saturated heterocycles. The van der Waals surface area contributed by atoms with Gasteiger partial charge in [-0.2, -0.15) is 8.62 Å². The van der Waals surface area contributed by atoms with Crippen molar-refractivity contribution in [2.45, 2.75) is 31.0 Å². The number of carbonyl (C=O) groups excluding carboxylic acids is 1. The standard InChI is InChI=1S/C11H18N3O16P3/c12-6(15)1-4-2-14(11(19)13-9(4)18)10-8(17)7(16)5(28-10)3-27-32(23,24)30-33(25,26)29-31(20,21)22/h2,5,7-8,10,16-17H,1,3H2,(H2,12,15)(H,23,24)(H,25,26)(H,13,18,19)(H2,20,21,22)/t5-,7+,8?,10-/m1/s1. The van der Waals surface area contributed by atoms with E-state index in [4.69, 9.17) is 25.2 Å². The van der Waals surface area contributed by atoms with Crippen molar-refractivity contribution in [2.75, 3.05) is 6.61 Å². The number of aliphatic hydroxyl groups is 2. The van der Waals surface area contributed by atoms with Crippen molar-refractivity contribution in [3.8, 4) is 0 Å². The predicted molar refractivity (Wildman–Crippen MR) is 100.0 cm³/mol. The molecule has 3 unspecified atom stereocenters. The molecule has 1 aliphatic rings. The maximum absolute atomic E-state index is 12.1. The van der Waals surface area contributed by atoms with E-state index in [0.29, 0.717) is 4.57 Å². The van der Waals surface area contributed by atoms with E-state index in [9.17, 15) is 43.2 Å². The van der Waals surface area contributed by atoms with E-state index in [1.165, 1.54) is 0 Å². The zero-order chi connectivity index (χ0) is 25.4. The lowest BCUT2D eigenvalue weighted by molar-refractivity contribution is -0.117. The van der Waals surface area contributed by atoms with Gasteiger partial charge in [0.25, 0.3) is 5.56 Å². The number of H-pyrrole nitrogens is 1. The van der Waals surface area contributed by atoms with E-state index in [0.717, 1.165) is 6.20 Å². The minimum atomic E-state index is -5.78. The zero-order valence-electron chi connectivity index (χ0n) is 15.9. The summed E-state index contributed by atoms with van der Waals surface area (Å²) in [5.41, 5.74) is 2.63. The number of nitrogens with two attached hydrogens (primary N) is 1. The second-order valence-electron chi connectivity index (χ2n) is 6.40. The smallest absolute Gasteiger partial charge is 0.387 e. The number of primary amides is 1. The Morgan fingerprint density at radius 3 is 2.24 bits per heavy atom. The van der Waals surface area contributed by atoms with Crippen LogP contribution in [0.2, 0.25) is 0 Å². The SMILES string of the molecule is NC(=O)Cc1cn([C@@H]2O[C@H](COP(=O)(O)OP(=O)(O)OP(=O)(O)O)[C@H](O)C2O)c(=O)[nH]c1=O. The van der Waals surface area contributed by atoms with E-state index >= 15 is 0 Å². The highest BCUT2D eigenvalue weighted by Crippen LogP contribution is 2.66. The second kappa shape index (κ2) is 9.97. The van der Waals surface area contributed by atoms with E-state index in [1.807, 2.05) is 4.98 Å². The maximum Gasteiger partial charge on any atom is 0.490 e. The fraction of sp³-hybridized carbons (Fsp3) is 0.545. The summed E-state index contributed by atoms with van der Waals surface area (Å²) in [6.07, 6.45) is -6.91. The summed E-state index contributed by atoms with van der Waals surface area (Å²) in [4.78, 5) is 72.2. The first-order valence-corrected chi connectivity index (χ1v) is 12.9. The van der Waals surface area contributed by atoms with Crippen molar-refractivity contribution in [1.82, 2.24) is 9.55 Å². The molecule has 33 heavy (non-hydrogen) atoms. The van der Waals surface area contributed by atoms with Gasteiger partial charge < -0.3 is 40.3 Å². The molecule has 1 amide bonds. The van der Waals surface area contributed by atoms with Gasteiger partial charge in [-0.3, -0.25) is 23.7 Å². The van der Waals surface area contributed by atoms with Gasteiger partial charge in [0.2, 0.25) is 5.91 Å². The molecule has 9 N–H and O–H groups in total. The van der Waals surface area contributed by atoms with Gasteiger partial charge in [-0.15, -0.1) is 0 Å². The van der Waals surface area contributed by atoms with Crippen LogP contribution in [0.3, 0.4) is 0 Å². The molecular formula is C11H18N3O16P3. The van der Waals surface area contributed by atoms with Crippen LogP contribution in [0.4, 0.5) is 0 Å². The Balaban J connectivity index is 2.15. The third kappa shape index (κ3) is 7.73. The molecule has 2 rings (SSSR count). The van der Waals surface area contributed by atoms with Crippen molar-refractivity contribution in [3.05, 3.63) is 32.6 Å². The first kappa shape index (κ1) is 27.7. The third-order valence-electron chi connectivity index (χ3n) is 3.84. The molecule has 1 fully saturated rings. The Labute approximate surface area is 181 Å². The Morgan fingerprint density at radius 2 is 1.70 bits per heavy atom. The van der Waals surface area contributed by atoms with Crippen molar-refractivity contribution >= 4 is 29.4 Å². The van der Waals surface area contributed by atoms with Gasteiger partial charge in [-0.05, 0) is 0 Å². The molecule has 0 radical (unpaired) electrons. The summed E-state index contributed by atoms with van der Waals surface area (Å²) in [7, 11) is -16.9. The summed E-state index contributed by atoms with van der Waals surface area (Å²) >= 11 is 0. The molecule has 188 valence electrons. The zero-order valence-corrected chi connectivity index (χ0v) is 18.6. The first-order chi connectivity index (χ1) is 14.9. The average Bonchev–Trinajstić information content (AvgIpc) is 2.87. The fourth-order valence-electron chi connectivity index (χ4n) is 2.60. The van der Waals surface area contributed by atoms with E-state index < -0.39 is 78.2 Å². The lowest BCUT2D eigenvalue weighted by Crippen LogP contribution is -2.39. The summed E-state index contributed by atoms with van der Waals surface area (Å²) in [6.45, 7) is -1.12. The molecule has 0 saturated carbocycles. The van der Waals surface area contributed by atoms with Gasteiger partial charge in [0.15, 0.2) is 6.23 Å². The summed E-state index contributed by atoms with van der Waals surface area (Å²) < 4.78 is 50.8. The van der Waals surface area contributed by atoms with Crippen molar-refractivity contribution in [3.63, 3.8) is 0 Å². The number of hydrogen-bond donors (Lipinski definition) is 8. The minimum absolute atomic E-state index is 0.288. The number of phosphoric ester groups is 1. The van der Waals surface area contributed by atoms with Crippen molar-refractivity contribution in [2.24, 2.45) is 5.73 Å². The number of hydrogen-bond acceptors (Lipinski definition) is 12. The monoisotopic (exact) mass is 541 g/mol. The molecule has 1 aliphatic heterocycles. The molecule has 1 aromatic heterocycles. The number of aliphatic hydroxyl groups excluding tert-OH is 2. The highest BCUT2D eigenvalue weighted by molar-refractivity contribution is 7.66. The predicted octanol–water partition coefficient (Wildman–Crippen LogP) is -3.47. The van der Waals surface area contributed by atoms with Crippen LogP contribution in [0.5, 0.6) is 0 Å². The van der Waals surface area contributed by atoms with Gasteiger partial charge in [0.1, 0.15) is 18.3 Å². The molecule has 0 aromatic carbocycles. The molecule has 0 bridgehead atoms. The van der Waals surface area contributed by atoms with Crippen molar-refractivity contribution in [1.29, 1.82) is 0 Å². The second-order valence-corrected chi connectivity index (χ2v) is 10.8. The summed E-state index contributed by atoms with van der Waals surface area (Å²) in [5.74, 6) is -0.924. The van der Waals surface area contributed by atoms with E-state index in [1.54, 1.807) is 0 Å². The lowest BCUT2D eigenvalue weighted by atomic mass is 10.1. The van der Waals surface area contributed by atoms with Gasteiger partial charge in [0.05, 0.1) is 13.0 Å². The molecule has 22 heteroatoms. The van der Waals surface area contributed by atoms with Crippen LogP contribution < -0.4 is 17.0 Å². The number of rotatable bonds is 10. The molecule has 0 spiro atoms. The number of aromatic amines is 1. The van der Waals surface area contributed by atoms with Crippen LogP contribution in [-0.4, -0.2) is 70.2 Å². The van der Waals surface area contributed by atoms with E-state index in [-0.39, 0.29) is 5.56 Å². The Morgan fingerprint density at radius 1 is 1.09 bits per heavy atom. The molecule has 2 heterocycles. The minimum Gasteiger partial charge on any atom is -0.387 e. The Hall–Kier alpha value is -1.56. The summed E-state index contributed by atoms with van der Waals surface area (Å²) in [5, 5.41) is 20.2. The third-order valence-corrected chi connectivity index (χ3v) is 7.64. The number of phosphoric acid groups is 3. The van der Waals surface area contributed by atoms with E-state index in [2.05, 4.69) is 13.1 Å². The van der Waals surface area contributed by atoms with Crippen LogP contribution >= 0.6 is 23.5 Å². The maximum atomic E-state index is 12.1. The first-order valence-electron chi connectivity index (χ1n) is 8.33. The Bertz CT molecular complexity index is 1160. The number of aromatic nitrogens is 2. The highest BCUT2D eigenvalue weighted by atomic mass is 31.3. The molecule has 6 atom stereocenters. The average molecular weight is 541 g/mol. The van der Waals surface area contributed by atoms with Crippen molar-refractivity contribution < 1.29 is 66.2 Å². The largest absolute Gasteiger partial charge is 0.490 e. The number of carbonyl (C=O) groups is 1. The summed E-state index contributed by atoms with van der Waals surface area (Å²) in [6, 6.07) is 0. The molecule has 19 nitrogen and oxygen atoms in total. The Kier molecular flexibility index (Phi) is 8.36. The molecule has 1 aromatic rings. The highest BCUT2D eigenvalue weighted by Gasteiger charge is 2.46. The van der Waals surface area contributed by atoms with Gasteiger partial charge in [-0.25, -0.2) is 18.5 Å². The number of nitrogens with zero attached hydrogens (tertiary/aromatic N) is 1. The molecule has 0 aliphatic carbocycles. The number of amides is 1. The van der Waals surface area contributed by atoms with Gasteiger partial charge in [-0.1, -0.05) is 0 Å². The molecular weight excluding hydrogens is 523 g/mol. The van der Waals surface area contributed by atoms with Gasteiger partial charge in [0, 0.05) is 11.8 Å². The normalized spacial score (nSPS) is 27.1. The topological polar surface area (TPSA) is 307 Å². The lowest BCUT2D eigenvalue weighted by Gasteiger charge is -2.19.